The van der Waals surface area contributed by atoms with Gasteiger partial charge in [-0.1, -0.05) is 6.07 Å². The van der Waals surface area contributed by atoms with Crippen LogP contribution in [0.2, 0.25) is 0 Å². The number of rotatable bonds is 3. The van der Waals surface area contributed by atoms with E-state index in [1.807, 2.05) is 6.07 Å². The van der Waals surface area contributed by atoms with Crippen LogP contribution in [0.25, 0.3) is 0 Å². The Morgan fingerprint density at radius 2 is 1.90 bits per heavy atom. The molecule has 2 N–H and O–H groups in total. The molecule has 0 aliphatic carbocycles. The monoisotopic (exact) mass is 277 g/mol. The summed E-state index contributed by atoms with van der Waals surface area (Å²) in [4.78, 5) is 0. The van der Waals surface area contributed by atoms with Gasteiger partial charge in [-0.3, -0.25) is 5.10 Å². The summed E-state index contributed by atoms with van der Waals surface area (Å²) in [6.07, 6.45) is 2.72. The second-order valence-electron chi connectivity index (χ2n) is 5.26. The molecule has 1 aliphatic rings. The minimum Gasteiger partial charge on any atom is -0.317 e. The average molecular weight is 277 g/mol. The highest BCUT2D eigenvalue weighted by atomic mass is 19.2. The van der Waals surface area contributed by atoms with E-state index in [9.17, 15) is 8.78 Å². The Hall–Kier alpha value is -1.75. The van der Waals surface area contributed by atoms with Gasteiger partial charge in [-0.05, 0) is 49.7 Å². The van der Waals surface area contributed by atoms with Crippen molar-refractivity contribution in [1.29, 1.82) is 0 Å². The molecule has 2 aromatic rings. The molecule has 3 nitrogen and oxygen atoms in total. The van der Waals surface area contributed by atoms with Gasteiger partial charge in [-0.15, -0.1) is 0 Å². The third-order valence-electron chi connectivity index (χ3n) is 3.80. The van der Waals surface area contributed by atoms with E-state index in [1.54, 1.807) is 6.07 Å². The van der Waals surface area contributed by atoms with E-state index < -0.39 is 11.6 Å². The summed E-state index contributed by atoms with van der Waals surface area (Å²) in [5.41, 5.74) is 2.74. The summed E-state index contributed by atoms with van der Waals surface area (Å²) in [7, 11) is 0. The number of benzene rings is 1. The normalized spacial score (nSPS) is 16.5. The molecule has 0 amide bonds. The Bertz CT molecular complexity index is 589. The van der Waals surface area contributed by atoms with Gasteiger partial charge in [0.25, 0.3) is 0 Å². The first-order valence-electron chi connectivity index (χ1n) is 6.91. The fourth-order valence-corrected chi connectivity index (χ4v) is 2.67. The zero-order valence-electron chi connectivity index (χ0n) is 11.1. The van der Waals surface area contributed by atoms with Crippen molar-refractivity contribution >= 4 is 0 Å². The van der Waals surface area contributed by atoms with Crippen LogP contribution in [0.3, 0.4) is 0 Å². The van der Waals surface area contributed by atoms with Gasteiger partial charge in [0.05, 0.1) is 5.69 Å². The molecule has 1 fully saturated rings. The number of H-pyrrole nitrogens is 1. The largest absolute Gasteiger partial charge is 0.317 e. The fraction of sp³-hybridized carbons (Fsp3) is 0.400. The maximum absolute atomic E-state index is 13.2. The van der Waals surface area contributed by atoms with Crippen molar-refractivity contribution in [2.75, 3.05) is 13.1 Å². The van der Waals surface area contributed by atoms with E-state index in [-0.39, 0.29) is 0 Å². The van der Waals surface area contributed by atoms with Crippen LogP contribution in [-0.2, 0) is 6.42 Å². The summed E-state index contributed by atoms with van der Waals surface area (Å²) >= 11 is 0. The van der Waals surface area contributed by atoms with Crippen LogP contribution in [0.5, 0.6) is 0 Å². The second kappa shape index (κ2) is 5.71. The van der Waals surface area contributed by atoms with E-state index in [1.165, 1.54) is 6.07 Å². The van der Waals surface area contributed by atoms with Crippen molar-refractivity contribution in [3.63, 3.8) is 0 Å². The van der Waals surface area contributed by atoms with Crippen molar-refractivity contribution in [1.82, 2.24) is 15.5 Å². The third kappa shape index (κ3) is 2.88. The lowest BCUT2D eigenvalue weighted by atomic mass is 9.94. The Balaban J connectivity index is 1.71. The van der Waals surface area contributed by atoms with Crippen LogP contribution in [0.4, 0.5) is 8.78 Å². The minimum absolute atomic E-state index is 0.513. The van der Waals surface area contributed by atoms with Gasteiger partial charge < -0.3 is 5.32 Å². The molecule has 1 aliphatic heterocycles. The number of hydrogen-bond donors (Lipinski definition) is 2. The Labute approximate surface area is 116 Å². The molecule has 1 aromatic heterocycles. The van der Waals surface area contributed by atoms with Gasteiger partial charge in [0.15, 0.2) is 11.6 Å². The van der Waals surface area contributed by atoms with E-state index in [2.05, 4.69) is 15.5 Å². The summed E-state index contributed by atoms with van der Waals surface area (Å²) in [6, 6.07) is 6.02. The molecular formula is C15H17F2N3. The number of nitrogens with zero attached hydrogens (tertiary/aromatic N) is 1. The Morgan fingerprint density at radius 1 is 1.10 bits per heavy atom. The summed E-state index contributed by atoms with van der Waals surface area (Å²) < 4.78 is 26.0. The summed E-state index contributed by atoms with van der Waals surface area (Å²) in [5.74, 6) is -1.11. The summed E-state index contributed by atoms with van der Waals surface area (Å²) in [6.45, 7) is 2.06. The van der Waals surface area contributed by atoms with Crippen LogP contribution in [0.15, 0.2) is 24.3 Å². The maximum Gasteiger partial charge on any atom is 0.159 e. The van der Waals surface area contributed by atoms with Crippen LogP contribution >= 0.6 is 0 Å². The molecule has 1 aromatic carbocycles. The molecule has 3 rings (SSSR count). The van der Waals surface area contributed by atoms with Crippen LogP contribution in [-0.4, -0.2) is 23.3 Å². The first-order valence-corrected chi connectivity index (χ1v) is 6.91. The number of aromatic amines is 1. The van der Waals surface area contributed by atoms with Gasteiger partial charge in [0, 0.05) is 18.0 Å². The van der Waals surface area contributed by atoms with Gasteiger partial charge in [-0.25, -0.2) is 8.78 Å². The SMILES string of the molecule is Fc1ccc(Cc2cc(C3CCNCC3)[nH]n2)cc1F. The molecular weight excluding hydrogens is 260 g/mol. The van der Waals surface area contributed by atoms with Gasteiger partial charge in [0.2, 0.25) is 0 Å². The third-order valence-corrected chi connectivity index (χ3v) is 3.80. The molecule has 2 heterocycles. The topological polar surface area (TPSA) is 40.7 Å². The van der Waals surface area contributed by atoms with Crippen LogP contribution < -0.4 is 5.32 Å². The molecule has 0 atom stereocenters. The van der Waals surface area contributed by atoms with E-state index in [0.29, 0.717) is 12.3 Å². The molecule has 0 unspecified atom stereocenters. The molecule has 0 saturated carbocycles. The van der Waals surface area contributed by atoms with E-state index in [0.717, 1.165) is 48.9 Å². The lowest BCUT2D eigenvalue weighted by molar-refractivity contribution is 0.453. The number of aromatic nitrogens is 2. The Morgan fingerprint density at radius 3 is 2.65 bits per heavy atom. The predicted octanol–water partition coefficient (Wildman–Crippen LogP) is 2.75. The molecule has 0 radical (unpaired) electrons. The number of piperidine rings is 1. The molecule has 106 valence electrons. The van der Waals surface area contributed by atoms with Gasteiger partial charge in [0.1, 0.15) is 0 Å². The average Bonchev–Trinajstić information content (AvgIpc) is 2.92. The minimum atomic E-state index is -0.814. The molecule has 1 saturated heterocycles. The number of halogens is 2. The standard InChI is InChI=1S/C15H17F2N3/c16-13-2-1-10(8-14(13)17)7-12-9-15(20-19-12)11-3-5-18-6-4-11/h1-2,8-9,11,18H,3-7H2,(H,19,20). The molecule has 5 heteroatoms. The Kier molecular flexibility index (Phi) is 3.78. The lowest BCUT2D eigenvalue weighted by Gasteiger charge is -2.20. The van der Waals surface area contributed by atoms with E-state index in [4.69, 9.17) is 0 Å². The predicted molar refractivity (Wildman–Crippen MR) is 72.6 cm³/mol. The zero-order chi connectivity index (χ0) is 13.9. The molecule has 20 heavy (non-hydrogen) atoms. The maximum atomic E-state index is 13.2. The first kappa shape index (κ1) is 13.2. The quantitative estimate of drug-likeness (QED) is 0.905. The van der Waals surface area contributed by atoms with Crippen molar-refractivity contribution in [3.8, 4) is 0 Å². The van der Waals surface area contributed by atoms with Crippen molar-refractivity contribution in [3.05, 3.63) is 52.9 Å². The lowest BCUT2D eigenvalue weighted by Crippen LogP contribution is -2.26. The zero-order valence-corrected chi connectivity index (χ0v) is 11.1. The number of nitrogens with one attached hydrogen (secondary N) is 2. The van der Waals surface area contributed by atoms with Crippen LogP contribution in [0, 0.1) is 11.6 Å². The smallest absolute Gasteiger partial charge is 0.159 e. The van der Waals surface area contributed by atoms with Crippen LogP contribution in [0.1, 0.15) is 35.7 Å². The summed E-state index contributed by atoms with van der Waals surface area (Å²) in [5, 5.41) is 10.7. The molecule has 0 bridgehead atoms. The highest BCUT2D eigenvalue weighted by molar-refractivity contribution is 5.25. The number of hydrogen-bond acceptors (Lipinski definition) is 2. The highest BCUT2D eigenvalue weighted by Crippen LogP contribution is 2.24. The van der Waals surface area contributed by atoms with Gasteiger partial charge in [-0.2, -0.15) is 5.10 Å². The van der Waals surface area contributed by atoms with Gasteiger partial charge >= 0.3 is 0 Å². The van der Waals surface area contributed by atoms with Crippen molar-refractivity contribution in [2.24, 2.45) is 0 Å². The first-order chi connectivity index (χ1) is 9.72. The highest BCUT2D eigenvalue weighted by Gasteiger charge is 2.17. The molecule has 0 spiro atoms. The van der Waals surface area contributed by atoms with Crippen molar-refractivity contribution in [2.45, 2.75) is 25.2 Å². The second-order valence-corrected chi connectivity index (χ2v) is 5.26. The van der Waals surface area contributed by atoms with Crippen molar-refractivity contribution < 1.29 is 8.78 Å². The fourth-order valence-electron chi connectivity index (χ4n) is 2.67. The van der Waals surface area contributed by atoms with E-state index >= 15 is 0 Å².